The lowest BCUT2D eigenvalue weighted by molar-refractivity contribution is 0.363. The molecule has 1 aromatic carbocycles. The van der Waals surface area contributed by atoms with Gasteiger partial charge in [-0.05, 0) is 17.7 Å². The highest BCUT2D eigenvalue weighted by Gasteiger charge is 1.91. The molecule has 3 heteroatoms. The normalized spacial score (nSPS) is 10.5. The predicted octanol–water partition coefficient (Wildman–Crippen LogP) is 3.44. The second kappa shape index (κ2) is 7.10. The highest BCUT2D eigenvalue weighted by Crippen LogP contribution is 2.13. The monoisotopic (exact) mass is 224 g/mol. The quantitative estimate of drug-likeness (QED) is 0.690. The average Bonchev–Trinajstić information content (AvgIpc) is 2.28. The molecule has 0 saturated heterocycles. The molecule has 1 rings (SSSR count). The molecule has 0 amide bonds. The maximum Gasteiger partial charge on any atom is 0.119 e. The summed E-state index contributed by atoms with van der Waals surface area (Å²) in [6.45, 7) is 4.50. The van der Waals surface area contributed by atoms with E-state index in [0.29, 0.717) is 13.2 Å². The Morgan fingerprint density at radius 3 is 2.53 bits per heavy atom. The van der Waals surface area contributed by atoms with Gasteiger partial charge in [-0.3, -0.25) is 4.29 Å². The molecule has 0 radical (unpaired) electrons. The van der Waals surface area contributed by atoms with Gasteiger partial charge in [-0.2, -0.15) is 0 Å². The number of hydrogen-bond donors (Lipinski definition) is 0. The Morgan fingerprint density at radius 2 is 1.93 bits per heavy atom. The molecule has 0 aromatic heterocycles. The van der Waals surface area contributed by atoms with Crippen LogP contribution < -0.4 is 4.74 Å². The fourth-order valence-electron chi connectivity index (χ4n) is 1.05. The van der Waals surface area contributed by atoms with Gasteiger partial charge in [0.15, 0.2) is 0 Å². The molecule has 15 heavy (non-hydrogen) atoms. The van der Waals surface area contributed by atoms with Crippen LogP contribution in [0.5, 0.6) is 5.75 Å². The van der Waals surface area contributed by atoms with Crippen LogP contribution in [0, 0.1) is 0 Å². The molecule has 80 valence electrons. The van der Waals surface area contributed by atoms with E-state index in [4.69, 9.17) is 16.6 Å². The summed E-state index contributed by atoms with van der Waals surface area (Å²) in [5.41, 5.74) is 1.08. The highest BCUT2D eigenvalue weighted by atomic mass is 35.5. The van der Waals surface area contributed by atoms with Crippen LogP contribution in [0.3, 0.4) is 0 Å². The zero-order chi connectivity index (χ0) is 10.9. The fraction of sp³-hybridized carbons (Fsp3) is 0.167. The molecule has 0 atom stereocenters. The third kappa shape index (κ3) is 4.68. The van der Waals surface area contributed by atoms with Gasteiger partial charge in [0.25, 0.3) is 0 Å². The summed E-state index contributed by atoms with van der Waals surface area (Å²) in [6, 6.07) is 7.74. The first-order chi connectivity index (χ1) is 7.36. The van der Waals surface area contributed by atoms with Crippen LogP contribution in [0.15, 0.2) is 43.0 Å². The number of hydrogen-bond acceptors (Lipinski definition) is 2. The Labute approximate surface area is 94.9 Å². The summed E-state index contributed by atoms with van der Waals surface area (Å²) >= 11 is 5.07. The van der Waals surface area contributed by atoms with Gasteiger partial charge in [0.2, 0.25) is 0 Å². The summed E-state index contributed by atoms with van der Waals surface area (Å²) < 4.78 is 9.74. The number of rotatable bonds is 6. The minimum Gasteiger partial charge on any atom is -0.490 e. The van der Waals surface area contributed by atoms with Gasteiger partial charge in [0.05, 0.1) is 18.5 Å². The molecule has 0 N–H and O–H groups in total. The third-order valence-electron chi connectivity index (χ3n) is 1.72. The average molecular weight is 225 g/mol. The molecular weight excluding hydrogens is 212 g/mol. The van der Waals surface area contributed by atoms with Crippen LogP contribution in [0.1, 0.15) is 5.56 Å². The van der Waals surface area contributed by atoms with Gasteiger partial charge in [0, 0.05) is 0 Å². The van der Waals surface area contributed by atoms with Crippen LogP contribution in [0.2, 0.25) is 0 Å². The van der Waals surface area contributed by atoms with Crippen LogP contribution in [0.25, 0.3) is 6.08 Å². The van der Waals surface area contributed by atoms with Crippen molar-refractivity contribution in [2.45, 2.75) is 0 Å². The smallest absolute Gasteiger partial charge is 0.119 e. The Morgan fingerprint density at radius 1 is 1.20 bits per heavy atom. The van der Waals surface area contributed by atoms with Crippen LogP contribution >= 0.6 is 11.9 Å². The van der Waals surface area contributed by atoms with E-state index in [1.54, 1.807) is 6.08 Å². The topological polar surface area (TPSA) is 18.5 Å². The van der Waals surface area contributed by atoms with Crippen molar-refractivity contribution < 1.29 is 9.03 Å². The third-order valence-corrected chi connectivity index (χ3v) is 1.84. The second-order valence-corrected chi connectivity index (χ2v) is 3.07. The molecule has 0 aliphatic carbocycles. The van der Waals surface area contributed by atoms with E-state index in [2.05, 4.69) is 10.9 Å². The van der Waals surface area contributed by atoms with E-state index in [9.17, 15) is 0 Å². The summed E-state index contributed by atoms with van der Waals surface area (Å²) in [5, 5.41) is 0. The zero-order valence-corrected chi connectivity index (χ0v) is 9.11. The van der Waals surface area contributed by atoms with Crippen LogP contribution in [0.4, 0.5) is 0 Å². The summed E-state index contributed by atoms with van der Waals surface area (Å²) in [5.74, 6) is 0.834. The van der Waals surface area contributed by atoms with Gasteiger partial charge in [-0.25, -0.2) is 0 Å². The molecule has 0 spiro atoms. The minimum absolute atomic E-state index is 0.399. The van der Waals surface area contributed by atoms with Crippen molar-refractivity contribution in [2.24, 2.45) is 0 Å². The lowest BCUT2D eigenvalue weighted by atomic mass is 10.2. The maximum absolute atomic E-state index is 5.35. The van der Waals surface area contributed by atoms with Crippen molar-refractivity contribution in [2.75, 3.05) is 13.2 Å². The highest BCUT2D eigenvalue weighted by molar-refractivity contribution is 6.07. The van der Waals surface area contributed by atoms with Crippen molar-refractivity contribution in [1.82, 2.24) is 0 Å². The minimum atomic E-state index is 0.399. The van der Waals surface area contributed by atoms with Gasteiger partial charge in [-0.1, -0.05) is 36.9 Å². The SMILES string of the molecule is C=CCOc1ccc(C=CCOCl)cc1. The lowest BCUT2D eigenvalue weighted by Gasteiger charge is -2.02. The summed E-state index contributed by atoms with van der Waals surface area (Å²) in [4.78, 5) is 0. The second-order valence-electron chi connectivity index (χ2n) is 2.85. The molecule has 0 saturated carbocycles. The van der Waals surface area contributed by atoms with Crippen LogP contribution in [-0.4, -0.2) is 13.2 Å². The molecule has 0 heterocycles. The van der Waals surface area contributed by atoms with E-state index in [1.165, 1.54) is 0 Å². The van der Waals surface area contributed by atoms with Gasteiger partial charge < -0.3 is 4.74 Å². The molecule has 0 bridgehead atoms. The van der Waals surface area contributed by atoms with E-state index >= 15 is 0 Å². The van der Waals surface area contributed by atoms with Crippen molar-refractivity contribution in [3.63, 3.8) is 0 Å². The van der Waals surface area contributed by atoms with Crippen molar-refractivity contribution in [1.29, 1.82) is 0 Å². The van der Waals surface area contributed by atoms with Gasteiger partial charge >= 0.3 is 0 Å². The molecule has 0 aliphatic heterocycles. The van der Waals surface area contributed by atoms with E-state index in [-0.39, 0.29) is 0 Å². The molecule has 2 nitrogen and oxygen atoms in total. The van der Waals surface area contributed by atoms with Crippen molar-refractivity contribution in [3.05, 3.63) is 48.6 Å². The maximum atomic E-state index is 5.35. The zero-order valence-electron chi connectivity index (χ0n) is 8.36. The van der Waals surface area contributed by atoms with E-state index in [1.807, 2.05) is 36.4 Å². The number of halogens is 1. The Kier molecular flexibility index (Phi) is 5.59. The first kappa shape index (κ1) is 11.8. The first-order valence-electron chi connectivity index (χ1n) is 4.60. The molecule has 0 aliphatic rings. The number of ether oxygens (including phenoxy) is 1. The molecular formula is C12H13ClO2. The largest absolute Gasteiger partial charge is 0.490 e. The Bertz CT molecular complexity index is 317. The summed E-state index contributed by atoms with van der Waals surface area (Å²) in [6.07, 6.45) is 5.48. The Hall–Kier alpha value is -1.25. The lowest BCUT2D eigenvalue weighted by Crippen LogP contribution is -1.91. The molecule has 0 unspecified atom stereocenters. The van der Waals surface area contributed by atoms with Gasteiger partial charge in [0.1, 0.15) is 12.4 Å². The predicted molar refractivity (Wildman–Crippen MR) is 63.0 cm³/mol. The Balaban J connectivity index is 2.52. The van der Waals surface area contributed by atoms with Crippen molar-refractivity contribution >= 4 is 17.9 Å². The summed E-state index contributed by atoms with van der Waals surface area (Å²) in [7, 11) is 0. The standard InChI is InChI=1S/C12H13ClO2/c1-2-9-14-12-7-5-11(6-8-12)4-3-10-15-13/h2-8H,1,9-10H2. The van der Waals surface area contributed by atoms with E-state index < -0.39 is 0 Å². The van der Waals surface area contributed by atoms with Gasteiger partial charge in [-0.15, -0.1) is 0 Å². The fourth-order valence-corrected chi connectivity index (χ4v) is 1.12. The van der Waals surface area contributed by atoms with Crippen molar-refractivity contribution in [3.8, 4) is 5.75 Å². The molecule has 0 fully saturated rings. The molecule has 1 aromatic rings. The number of benzene rings is 1. The van der Waals surface area contributed by atoms with Crippen LogP contribution in [-0.2, 0) is 4.29 Å². The first-order valence-corrected chi connectivity index (χ1v) is 4.91. The van der Waals surface area contributed by atoms with E-state index in [0.717, 1.165) is 11.3 Å².